The summed E-state index contributed by atoms with van der Waals surface area (Å²) < 4.78 is 0. The number of nitrogens with one attached hydrogen (secondary N) is 2. The summed E-state index contributed by atoms with van der Waals surface area (Å²) >= 11 is 0. The Morgan fingerprint density at radius 2 is 2.00 bits per heavy atom. The minimum absolute atomic E-state index is 0.505. The number of aromatic amines is 1. The molecule has 1 aromatic carbocycles. The van der Waals surface area contributed by atoms with E-state index < -0.39 is 12.0 Å². The Bertz CT molecular complexity index is 660. The molecule has 0 aliphatic heterocycles. The van der Waals surface area contributed by atoms with Gasteiger partial charge in [-0.25, -0.2) is 0 Å². The molecule has 1 heterocycles. The van der Waals surface area contributed by atoms with Crippen LogP contribution in [0.5, 0.6) is 0 Å². The van der Waals surface area contributed by atoms with Crippen molar-refractivity contribution in [3.05, 3.63) is 35.0 Å². The van der Waals surface area contributed by atoms with Crippen molar-refractivity contribution in [1.82, 2.24) is 10.3 Å². The zero-order valence-electron chi connectivity index (χ0n) is 12.4. The van der Waals surface area contributed by atoms with E-state index in [9.17, 15) is 9.90 Å². The van der Waals surface area contributed by atoms with Gasteiger partial charge >= 0.3 is 5.97 Å². The van der Waals surface area contributed by atoms with Gasteiger partial charge in [0.2, 0.25) is 0 Å². The number of hydrogen-bond acceptors (Lipinski definition) is 2. The molecule has 4 nitrogen and oxygen atoms in total. The number of carboxylic acid groups (broad SMARTS) is 1. The van der Waals surface area contributed by atoms with Crippen molar-refractivity contribution >= 4 is 16.9 Å². The first kappa shape index (κ1) is 14.1. The number of aliphatic carboxylic acids is 1. The standard InChI is InChI=1S/C17H22N2O2/c1-18-16(17(20)21)9-13-10-19-15-8-12-6-4-2-3-5-11(12)7-14(13)15/h7-8,10,16,18-19H,2-6,9H2,1H3,(H,20,21). The normalized spacial score (nSPS) is 16.4. The van der Waals surface area contributed by atoms with Crippen molar-refractivity contribution in [2.45, 2.75) is 44.6 Å². The minimum atomic E-state index is -0.804. The fraction of sp³-hybridized carbons (Fsp3) is 0.471. The van der Waals surface area contributed by atoms with Crippen LogP contribution in [0.3, 0.4) is 0 Å². The maximum absolute atomic E-state index is 11.2. The predicted molar refractivity (Wildman–Crippen MR) is 83.7 cm³/mol. The fourth-order valence-electron chi connectivity index (χ4n) is 3.29. The van der Waals surface area contributed by atoms with Crippen LogP contribution in [-0.4, -0.2) is 29.1 Å². The molecule has 1 atom stereocenters. The quantitative estimate of drug-likeness (QED) is 0.757. The van der Waals surface area contributed by atoms with E-state index in [1.807, 2.05) is 6.20 Å². The van der Waals surface area contributed by atoms with Gasteiger partial charge in [-0.2, -0.15) is 0 Å². The van der Waals surface area contributed by atoms with Crippen molar-refractivity contribution in [2.24, 2.45) is 0 Å². The first-order valence-electron chi connectivity index (χ1n) is 7.71. The number of H-pyrrole nitrogens is 1. The number of likely N-dealkylation sites (N-methyl/N-ethyl adjacent to an activating group) is 1. The topological polar surface area (TPSA) is 65.1 Å². The second-order valence-electron chi connectivity index (χ2n) is 5.92. The molecule has 0 spiro atoms. The van der Waals surface area contributed by atoms with Crippen LogP contribution in [0, 0.1) is 0 Å². The van der Waals surface area contributed by atoms with Crippen LogP contribution in [0.2, 0.25) is 0 Å². The summed E-state index contributed by atoms with van der Waals surface area (Å²) in [5.41, 5.74) is 5.11. The molecule has 1 aliphatic carbocycles. The van der Waals surface area contributed by atoms with Gasteiger partial charge < -0.3 is 15.4 Å². The van der Waals surface area contributed by atoms with E-state index >= 15 is 0 Å². The monoisotopic (exact) mass is 286 g/mol. The highest BCUT2D eigenvalue weighted by Gasteiger charge is 2.18. The van der Waals surface area contributed by atoms with E-state index in [-0.39, 0.29) is 0 Å². The van der Waals surface area contributed by atoms with Gasteiger partial charge in [-0.15, -0.1) is 0 Å². The lowest BCUT2D eigenvalue weighted by Crippen LogP contribution is -2.35. The summed E-state index contributed by atoms with van der Waals surface area (Å²) in [4.78, 5) is 14.5. The summed E-state index contributed by atoms with van der Waals surface area (Å²) in [6.45, 7) is 0. The molecular weight excluding hydrogens is 264 g/mol. The first-order valence-corrected chi connectivity index (χ1v) is 7.71. The number of aryl methyl sites for hydroxylation is 2. The molecule has 0 amide bonds. The van der Waals surface area contributed by atoms with Crippen LogP contribution in [0.1, 0.15) is 36.0 Å². The Hall–Kier alpha value is -1.81. The number of hydrogen-bond donors (Lipinski definition) is 3. The molecule has 112 valence electrons. The molecule has 0 saturated heterocycles. The van der Waals surface area contributed by atoms with Crippen LogP contribution < -0.4 is 5.32 Å². The molecular formula is C17H22N2O2. The van der Waals surface area contributed by atoms with Gasteiger partial charge in [-0.3, -0.25) is 4.79 Å². The van der Waals surface area contributed by atoms with Crippen molar-refractivity contribution in [2.75, 3.05) is 7.05 Å². The third kappa shape index (κ3) is 2.81. The number of rotatable bonds is 4. The third-order valence-electron chi connectivity index (χ3n) is 4.55. The number of carboxylic acids is 1. The van der Waals surface area contributed by atoms with E-state index in [1.165, 1.54) is 35.8 Å². The summed E-state index contributed by atoms with van der Waals surface area (Å²) in [6.07, 6.45) is 8.59. The molecule has 2 aromatic rings. The zero-order chi connectivity index (χ0) is 14.8. The van der Waals surface area contributed by atoms with Crippen molar-refractivity contribution in [1.29, 1.82) is 0 Å². The van der Waals surface area contributed by atoms with Crippen LogP contribution in [0.25, 0.3) is 10.9 Å². The largest absolute Gasteiger partial charge is 0.480 e. The van der Waals surface area contributed by atoms with Crippen LogP contribution in [0.4, 0.5) is 0 Å². The van der Waals surface area contributed by atoms with E-state index in [2.05, 4.69) is 22.4 Å². The van der Waals surface area contributed by atoms with E-state index in [0.717, 1.165) is 23.9 Å². The molecule has 3 rings (SSSR count). The van der Waals surface area contributed by atoms with E-state index in [4.69, 9.17) is 0 Å². The molecule has 1 unspecified atom stereocenters. The summed E-state index contributed by atoms with van der Waals surface area (Å²) in [6, 6.07) is 3.99. The third-order valence-corrected chi connectivity index (χ3v) is 4.55. The Balaban J connectivity index is 1.97. The van der Waals surface area contributed by atoms with Crippen molar-refractivity contribution in [3.63, 3.8) is 0 Å². The number of benzene rings is 1. The lowest BCUT2D eigenvalue weighted by atomic mass is 9.97. The molecule has 1 aliphatic rings. The van der Waals surface area contributed by atoms with E-state index in [0.29, 0.717) is 6.42 Å². The van der Waals surface area contributed by atoms with Crippen LogP contribution in [-0.2, 0) is 24.1 Å². The summed E-state index contributed by atoms with van der Waals surface area (Å²) in [7, 11) is 1.69. The highest BCUT2D eigenvalue weighted by atomic mass is 16.4. The minimum Gasteiger partial charge on any atom is -0.480 e. The summed E-state index contributed by atoms with van der Waals surface area (Å²) in [5, 5.41) is 13.2. The van der Waals surface area contributed by atoms with Crippen molar-refractivity contribution in [3.8, 4) is 0 Å². The maximum atomic E-state index is 11.2. The van der Waals surface area contributed by atoms with E-state index in [1.54, 1.807) is 7.05 Å². The van der Waals surface area contributed by atoms with Gasteiger partial charge in [0.05, 0.1) is 0 Å². The summed E-state index contributed by atoms with van der Waals surface area (Å²) in [5.74, 6) is -0.804. The maximum Gasteiger partial charge on any atom is 0.321 e. The number of fused-ring (bicyclic) bond motifs is 2. The van der Waals surface area contributed by atoms with Gasteiger partial charge in [0.15, 0.2) is 0 Å². The second kappa shape index (κ2) is 5.90. The predicted octanol–water partition coefficient (Wildman–Crippen LogP) is 2.65. The Kier molecular flexibility index (Phi) is 3.97. The number of carbonyl (C=O) groups is 1. The van der Waals surface area contributed by atoms with Crippen molar-refractivity contribution < 1.29 is 9.90 Å². The van der Waals surface area contributed by atoms with Gasteiger partial charge in [0.1, 0.15) is 6.04 Å². The fourth-order valence-corrected chi connectivity index (χ4v) is 3.29. The van der Waals surface area contributed by atoms with Gasteiger partial charge in [-0.1, -0.05) is 6.42 Å². The van der Waals surface area contributed by atoms with Crippen LogP contribution >= 0.6 is 0 Å². The molecule has 0 bridgehead atoms. The first-order chi connectivity index (χ1) is 10.2. The SMILES string of the molecule is CNC(Cc1c[nH]c2cc3c(cc12)CCCCC3)C(=O)O. The average molecular weight is 286 g/mol. The molecule has 4 heteroatoms. The smallest absolute Gasteiger partial charge is 0.321 e. The molecule has 0 radical (unpaired) electrons. The Morgan fingerprint density at radius 3 is 2.67 bits per heavy atom. The van der Waals surface area contributed by atoms with Gasteiger partial charge in [0.25, 0.3) is 0 Å². The van der Waals surface area contributed by atoms with Gasteiger partial charge in [-0.05, 0) is 61.6 Å². The van der Waals surface area contributed by atoms with Gasteiger partial charge in [0, 0.05) is 23.5 Å². The Labute approximate surface area is 124 Å². The lowest BCUT2D eigenvalue weighted by Gasteiger charge is -2.11. The molecule has 1 aromatic heterocycles. The van der Waals surface area contributed by atoms with Crippen LogP contribution in [0.15, 0.2) is 18.3 Å². The number of aromatic nitrogens is 1. The molecule has 21 heavy (non-hydrogen) atoms. The molecule has 0 fully saturated rings. The highest BCUT2D eigenvalue weighted by Crippen LogP contribution is 2.28. The second-order valence-corrected chi connectivity index (χ2v) is 5.92. The average Bonchev–Trinajstić information content (AvgIpc) is 2.70. The molecule has 3 N–H and O–H groups in total. The highest BCUT2D eigenvalue weighted by molar-refractivity contribution is 5.86. The molecule has 0 saturated carbocycles. The Morgan fingerprint density at radius 1 is 1.29 bits per heavy atom. The lowest BCUT2D eigenvalue weighted by molar-refractivity contribution is -0.139. The zero-order valence-corrected chi connectivity index (χ0v) is 12.4.